The van der Waals surface area contributed by atoms with Gasteiger partial charge in [0.05, 0.1) is 19.9 Å². The van der Waals surface area contributed by atoms with Crippen LogP contribution in [0.1, 0.15) is 19.8 Å². The van der Waals surface area contributed by atoms with Crippen molar-refractivity contribution < 1.29 is 17.9 Å². The van der Waals surface area contributed by atoms with Gasteiger partial charge in [-0.05, 0) is 32.2 Å². The summed E-state index contributed by atoms with van der Waals surface area (Å²) in [5.74, 6) is -0.0809. The van der Waals surface area contributed by atoms with E-state index in [9.17, 15) is 13.2 Å². The average molecular weight is 344 g/mol. The number of piperidine rings is 1. The van der Waals surface area contributed by atoms with Crippen LogP contribution in [-0.4, -0.2) is 62.4 Å². The van der Waals surface area contributed by atoms with Crippen molar-refractivity contribution in [3.05, 3.63) is 12.4 Å². The number of nitrogens with one attached hydrogen (secondary N) is 1. The smallest absolute Gasteiger partial charge is 0.319 e. The van der Waals surface area contributed by atoms with Crippen LogP contribution in [-0.2, 0) is 26.1 Å². The van der Waals surface area contributed by atoms with Crippen LogP contribution in [0.3, 0.4) is 0 Å². The molecule has 1 fully saturated rings. The van der Waals surface area contributed by atoms with Crippen LogP contribution in [0.5, 0.6) is 0 Å². The van der Waals surface area contributed by atoms with E-state index in [1.54, 1.807) is 4.68 Å². The molecule has 0 bridgehead atoms. The first-order valence-electron chi connectivity index (χ1n) is 7.76. The van der Waals surface area contributed by atoms with Crippen molar-refractivity contribution in [2.45, 2.75) is 31.2 Å². The lowest BCUT2D eigenvalue weighted by Crippen LogP contribution is -2.43. The molecule has 1 atom stereocenters. The Bertz CT molecular complexity index is 628. The minimum Gasteiger partial charge on any atom is -0.468 e. The lowest BCUT2D eigenvalue weighted by atomic mass is 9.98. The number of likely N-dealkylation sites (tertiary alicyclic amines) is 1. The molecule has 9 heteroatoms. The zero-order valence-corrected chi connectivity index (χ0v) is 14.4. The third-order valence-corrected chi connectivity index (χ3v) is 5.37. The molecule has 0 saturated carbocycles. The molecule has 2 heterocycles. The predicted molar refractivity (Wildman–Crippen MR) is 84.3 cm³/mol. The maximum Gasteiger partial charge on any atom is 0.319 e. The van der Waals surface area contributed by atoms with Crippen molar-refractivity contribution in [3.63, 3.8) is 0 Å². The first-order valence-corrected chi connectivity index (χ1v) is 9.24. The zero-order chi connectivity index (χ0) is 16.9. The third kappa shape index (κ3) is 5.02. The first-order chi connectivity index (χ1) is 10.9. The Morgan fingerprint density at radius 1 is 1.52 bits per heavy atom. The minimum absolute atomic E-state index is 0.182. The molecule has 0 aromatic carbocycles. The van der Waals surface area contributed by atoms with E-state index < -0.39 is 10.0 Å². The van der Waals surface area contributed by atoms with E-state index in [0.717, 1.165) is 19.4 Å². The van der Waals surface area contributed by atoms with Gasteiger partial charge in [0.1, 0.15) is 4.90 Å². The summed E-state index contributed by atoms with van der Waals surface area (Å²) in [6.07, 6.45) is 4.76. The Labute approximate surface area is 136 Å². The van der Waals surface area contributed by atoms with Crippen LogP contribution in [0, 0.1) is 5.92 Å². The Morgan fingerprint density at radius 2 is 2.30 bits per heavy atom. The van der Waals surface area contributed by atoms with E-state index in [2.05, 4.69) is 14.6 Å². The number of carbonyl (C=O) groups excluding carboxylic acids is 1. The summed E-state index contributed by atoms with van der Waals surface area (Å²) < 4.78 is 33.4. The van der Waals surface area contributed by atoms with E-state index in [4.69, 9.17) is 0 Å². The summed E-state index contributed by atoms with van der Waals surface area (Å²) in [5, 5.41) is 3.99. The summed E-state index contributed by atoms with van der Waals surface area (Å²) in [5.41, 5.74) is 0. The number of sulfonamides is 1. The molecule has 130 valence electrons. The fraction of sp³-hybridized carbons (Fsp3) is 0.714. The van der Waals surface area contributed by atoms with Crippen molar-refractivity contribution >= 4 is 16.0 Å². The molecule has 0 amide bonds. The summed E-state index contributed by atoms with van der Waals surface area (Å²) in [6, 6.07) is 0. The molecule has 1 N–H and O–H groups in total. The number of aryl methyl sites for hydroxylation is 1. The summed E-state index contributed by atoms with van der Waals surface area (Å²) in [7, 11) is -2.17. The van der Waals surface area contributed by atoms with Gasteiger partial charge in [-0.25, -0.2) is 13.1 Å². The van der Waals surface area contributed by atoms with Crippen LogP contribution in [0.2, 0.25) is 0 Å². The highest BCUT2D eigenvalue weighted by molar-refractivity contribution is 7.89. The van der Waals surface area contributed by atoms with Gasteiger partial charge in [0.2, 0.25) is 10.0 Å². The standard InChI is InChI=1S/C14H24N4O4S/c1-3-18-10-13(8-15-18)23(20,21)16-7-12-5-4-6-17(9-12)11-14(19)22-2/h8,10,12,16H,3-7,9,11H2,1-2H3. The van der Waals surface area contributed by atoms with Crippen LogP contribution in [0.4, 0.5) is 0 Å². The number of methoxy groups -OCH3 is 1. The molecule has 1 aromatic rings. The topological polar surface area (TPSA) is 93.5 Å². The van der Waals surface area contributed by atoms with Gasteiger partial charge < -0.3 is 4.74 Å². The number of rotatable bonds is 7. The van der Waals surface area contributed by atoms with Gasteiger partial charge in [-0.1, -0.05) is 0 Å². The maximum atomic E-state index is 12.3. The average Bonchev–Trinajstić information content (AvgIpc) is 3.03. The highest BCUT2D eigenvalue weighted by Gasteiger charge is 2.24. The number of aromatic nitrogens is 2. The molecule has 1 aromatic heterocycles. The molecular formula is C14H24N4O4S. The number of esters is 1. The molecule has 1 aliphatic heterocycles. The van der Waals surface area contributed by atoms with E-state index in [-0.39, 0.29) is 23.3 Å². The van der Waals surface area contributed by atoms with Crippen molar-refractivity contribution in [2.75, 3.05) is 33.3 Å². The monoisotopic (exact) mass is 344 g/mol. The number of ether oxygens (including phenoxy) is 1. The molecule has 0 spiro atoms. The van der Waals surface area contributed by atoms with Gasteiger partial charge in [-0.2, -0.15) is 5.10 Å². The molecular weight excluding hydrogens is 320 g/mol. The van der Waals surface area contributed by atoms with E-state index in [0.29, 0.717) is 19.6 Å². The van der Waals surface area contributed by atoms with E-state index >= 15 is 0 Å². The molecule has 2 rings (SSSR count). The number of hydrogen-bond acceptors (Lipinski definition) is 6. The highest BCUT2D eigenvalue weighted by atomic mass is 32.2. The number of carbonyl (C=O) groups is 1. The fourth-order valence-electron chi connectivity index (χ4n) is 2.68. The maximum absolute atomic E-state index is 12.3. The van der Waals surface area contributed by atoms with Gasteiger partial charge in [0, 0.05) is 25.8 Å². The van der Waals surface area contributed by atoms with Gasteiger partial charge in [-0.3, -0.25) is 14.4 Å². The fourth-order valence-corrected chi connectivity index (χ4v) is 3.74. The Hall–Kier alpha value is -1.45. The quantitative estimate of drug-likeness (QED) is 0.704. The second-order valence-corrected chi connectivity index (χ2v) is 7.47. The largest absolute Gasteiger partial charge is 0.468 e. The van der Waals surface area contributed by atoms with Crippen LogP contribution < -0.4 is 4.72 Å². The summed E-state index contributed by atoms with van der Waals surface area (Å²) in [6.45, 7) is 4.66. The Morgan fingerprint density at radius 3 is 2.96 bits per heavy atom. The second kappa shape index (κ2) is 7.89. The van der Waals surface area contributed by atoms with Crippen LogP contribution in [0.25, 0.3) is 0 Å². The lowest BCUT2D eigenvalue weighted by molar-refractivity contribution is -0.142. The SMILES string of the molecule is CCn1cc(S(=O)(=O)NCC2CCCN(CC(=O)OC)C2)cn1. The lowest BCUT2D eigenvalue weighted by Gasteiger charge is -2.31. The van der Waals surface area contributed by atoms with Crippen molar-refractivity contribution in [2.24, 2.45) is 5.92 Å². The zero-order valence-electron chi connectivity index (χ0n) is 13.6. The first kappa shape index (κ1) is 17.9. The normalized spacial score (nSPS) is 19.7. The van der Waals surface area contributed by atoms with Crippen LogP contribution >= 0.6 is 0 Å². The highest BCUT2D eigenvalue weighted by Crippen LogP contribution is 2.16. The Balaban J connectivity index is 1.88. The summed E-state index contributed by atoms with van der Waals surface area (Å²) in [4.78, 5) is 13.5. The molecule has 0 radical (unpaired) electrons. The second-order valence-electron chi connectivity index (χ2n) is 5.70. The molecule has 23 heavy (non-hydrogen) atoms. The third-order valence-electron chi connectivity index (χ3n) is 3.99. The molecule has 1 unspecified atom stereocenters. The Kier molecular flexibility index (Phi) is 6.14. The van der Waals surface area contributed by atoms with Gasteiger partial charge in [-0.15, -0.1) is 0 Å². The van der Waals surface area contributed by atoms with Crippen molar-refractivity contribution in [3.8, 4) is 0 Å². The molecule has 1 saturated heterocycles. The van der Waals surface area contributed by atoms with Crippen molar-refractivity contribution in [1.82, 2.24) is 19.4 Å². The van der Waals surface area contributed by atoms with Gasteiger partial charge in [0.15, 0.2) is 0 Å². The minimum atomic E-state index is -3.54. The molecule has 8 nitrogen and oxygen atoms in total. The van der Waals surface area contributed by atoms with E-state index in [1.807, 2.05) is 11.8 Å². The van der Waals surface area contributed by atoms with Crippen molar-refractivity contribution in [1.29, 1.82) is 0 Å². The number of nitrogens with zero attached hydrogens (tertiary/aromatic N) is 3. The van der Waals surface area contributed by atoms with Gasteiger partial charge >= 0.3 is 5.97 Å². The number of hydrogen-bond donors (Lipinski definition) is 1. The summed E-state index contributed by atoms with van der Waals surface area (Å²) >= 11 is 0. The predicted octanol–water partition coefficient (Wildman–Crippen LogP) is 0.0663. The van der Waals surface area contributed by atoms with Crippen LogP contribution in [0.15, 0.2) is 17.3 Å². The van der Waals surface area contributed by atoms with Gasteiger partial charge in [0.25, 0.3) is 0 Å². The molecule has 0 aliphatic carbocycles. The molecule has 1 aliphatic rings. The van der Waals surface area contributed by atoms with E-state index in [1.165, 1.54) is 19.5 Å².